The molecule has 1 saturated heterocycles. The molecular weight excluding hydrogens is 838 g/mol. The minimum Gasteiger partial charge on any atom is -0.483 e. The molecule has 3 heterocycles. The summed E-state index contributed by atoms with van der Waals surface area (Å²) in [5, 5.41) is 18.9. The second kappa shape index (κ2) is 22.7. The van der Waals surface area contributed by atoms with Gasteiger partial charge in [0.2, 0.25) is 5.91 Å². The van der Waals surface area contributed by atoms with Gasteiger partial charge in [0.25, 0.3) is 6.47 Å². The lowest BCUT2D eigenvalue weighted by Gasteiger charge is -2.40. The van der Waals surface area contributed by atoms with Gasteiger partial charge in [0.05, 0.1) is 0 Å². The molecule has 20 heteroatoms. The molecule has 0 spiro atoms. The Morgan fingerprint density at radius 1 is 0.984 bits per heavy atom. The molecule has 0 saturated carbocycles. The van der Waals surface area contributed by atoms with Gasteiger partial charge in [-0.05, 0) is 93.0 Å². The fourth-order valence-electron chi connectivity index (χ4n) is 7.08. The quantitative estimate of drug-likeness (QED) is 0.0807. The number of benzene rings is 3. The fourth-order valence-corrected chi connectivity index (χ4v) is 7.27. The average molecular weight is 885 g/mol. The van der Waals surface area contributed by atoms with Crippen LogP contribution in [0.5, 0.6) is 0 Å². The molecule has 332 valence electrons. The number of carboxylic acids is 1. The third kappa shape index (κ3) is 14.4. The highest BCUT2D eigenvalue weighted by molar-refractivity contribution is 6.30. The summed E-state index contributed by atoms with van der Waals surface area (Å²) in [4.78, 5) is 69.1. The number of nitrogens with zero attached hydrogens (tertiary/aromatic N) is 4. The molecule has 4 aromatic rings. The summed E-state index contributed by atoms with van der Waals surface area (Å²) >= 11 is 6.42. The lowest BCUT2D eigenvalue weighted by molar-refractivity contribution is -0.192. The first-order chi connectivity index (χ1) is 28.7. The summed E-state index contributed by atoms with van der Waals surface area (Å²) in [5.41, 5.74) is 5.57. The third-order valence-electron chi connectivity index (χ3n) is 9.78. The largest absolute Gasteiger partial charge is 0.490 e. The number of Topliss-reactive ketones (excluding diaryl/α,β-unsaturated/α-hetero) is 1. The van der Waals surface area contributed by atoms with Crippen molar-refractivity contribution in [1.29, 1.82) is 0 Å². The normalized spacial score (nSPS) is 15.8. The summed E-state index contributed by atoms with van der Waals surface area (Å²) in [6, 6.07) is 20.3. The van der Waals surface area contributed by atoms with Crippen LogP contribution in [0.3, 0.4) is 0 Å². The standard InChI is InChI=1S/C37H43ClN6O3.C2HF3O2.CHF3.CH2O2/c1-24(32-21-39-33-8-6-5-7-31(32)33)35(36(46)44-23-26(22-41(3)4)19-28-20-29(38)11-14-34(28)44)40-37(47)43-17-15-42(16-18-43)30-12-9-27(10-13-30)25(2)45;3-2(4,5)1(6)7;2-1(3)4;2-1-3/h5-14,20-21,24,26,35,39H,15-19,22-23H2,1-4H3,(H,40,47);(H,6,7);1H;1H,(H,2,3)/t24?,26-,35?;;;/m1.../s1. The monoisotopic (exact) mass is 884 g/mol. The van der Waals surface area contributed by atoms with Crippen molar-refractivity contribution >= 4 is 64.0 Å². The Balaban J connectivity index is 0.000000616. The van der Waals surface area contributed by atoms with Gasteiger partial charge < -0.3 is 40.1 Å². The first-order valence-electron chi connectivity index (χ1n) is 18.7. The van der Waals surface area contributed by atoms with Crippen LogP contribution >= 0.6 is 11.6 Å². The molecule has 0 radical (unpaired) electrons. The number of piperazine rings is 1. The number of rotatable bonds is 8. The number of nitrogens with one attached hydrogen (secondary N) is 2. The summed E-state index contributed by atoms with van der Waals surface area (Å²) in [7, 11) is 4.09. The van der Waals surface area contributed by atoms with E-state index in [4.69, 9.17) is 31.4 Å². The van der Waals surface area contributed by atoms with Crippen molar-refractivity contribution in [1.82, 2.24) is 20.1 Å². The lowest BCUT2D eigenvalue weighted by atomic mass is 9.88. The Bertz CT molecular complexity index is 2090. The number of halogens is 7. The molecule has 6 rings (SSSR count). The van der Waals surface area contributed by atoms with Crippen LogP contribution in [0.2, 0.25) is 5.02 Å². The minimum absolute atomic E-state index is 0.0362. The molecule has 3 amide bonds. The molecule has 0 aliphatic carbocycles. The number of carboxylic acid groups (broad SMARTS) is 2. The Kier molecular flexibility index (Phi) is 18.4. The number of H-pyrrole nitrogens is 1. The van der Waals surface area contributed by atoms with Gasteiger partial charge >= 0.3 is 24.9 Å². The van der Waals surface area contributed by atoms with Crippen molar-refractivity contribution in [2.24, 2.45) is 5.92 Å². The maximum atomic E-state index is 14.8. The van der Waals surface area contributed by atoms with Crippen LogP contribution in [0.4, 0.5) is 42.5 Å². The summed E-state index contributed by atoms with van der Waals surface area (Å²) in [6.07, 6.45) is -2.30. The molecule has 3 aromatic carbocycles. The lowest BCUT2D eigenvalue weighted by Crippen LogP contribution is -2.58. The molecule has 13 nitrogen and oxygen atoms in total. The minimum atomic E-state index is -5.08. The van der Waals surface area contributed by atoms with Gasteiger partial charge in [-0.25, -0.2) is 9.59 Å². The number of amides is 3. The van der Waals surface area contributed by atoms with E-state index in [1.54, 1.807) is 11.8 Å². The number of para-hydroxylation sites is 1. The summed E-state index contributed by atoms with van der Waals surface area (Å²) < 4.78 is 60.7. The van der Waals surface area contributed by atoms with Crippen LogP contribution in [0.1, 0.15) is 41.3 Å². The van der Waals surface area contributed by atoms with Gasteiger partial charge in [-0.2, -0.15) is 26.3 Å². The zero-order chi connectivity index (χ0) is 45.6. The number of aromatic nitrogens is 1. The van der Waals surface area contributed by atoms with E-state index in [9.17, 15) is 40.7 Å². The van der Waals surface area contributed by atoms with Crippen LogP contribution in [-0.4, -0.2) is 127 Å². The van der Waals surface area contributed by atoms with E-state index < -0.39 is 24.9 Å². The van der Waals surface area contributed by atoms with E-state index in [2.05, 4.69) is 26.2 Å². The highest BCUT2D eigenvalue weighted by Crippen LogP contribution is 2.35. The molecule has 0 bridgehead atoms. The van der Waals surface area contributed by atoms with Crippen LogP contribution in [0.15, 0.2) is 72.9 Å². The first-order valence-corrected chi connectivity index (χ1v) is 19.1. The van der Waals surface area contributed by atoms with Crippen molar-refractivity contribution in [3.05, 3.63) is 94.6 Å². The van der Waals surface area contributed by atoms with Gasteiger partial charge in [0.15, 0.2) is 5.78 Å². The number of carbonyl (C=O) groups excluding carboxylic acids is 3. The predicted octanol–water partition coefficient (Wildman–Crippen LogP) is 7.31. The van der Waals surface area contributed by atoms with Gasteiger partial charge in [-0.15, -0.1) is 0 Å². The molecule has 4 N–H and O–H groups in total. The zero-order valence-corrected chi connectivity index (χ0v) is 34.4. The van der Waals surface area contributed by atoms with Crippen molar-refractivity contribution < 1.29 is 60.5 Å². The van der Waals surface area contributed by atoms with E-state index in [1.807, 2.05) is 92.8 Å². The maximum Gasteiger partial charge on any atom is 0.490 e. The zero-order valence-electron chi connectivity index (χ0n) is 33.6. The number of hydrogen-bond acceptors (Lipinski definition) is 7. The predicted molar refractivity (Wildman–Crippen MR) is 218 cm³/mol. The van der Waals surface area contributed by atoms with Gasteiger partial charge in [-0.1, -0.05) is 36.7 Å². The summed E-state index contributed by atoms with van der Waals surface area (Å²) in [5.74, 6) is -2.94. The molecule has 3 atom stereocenters. The van der Waals surface area contributed by atoms with Gasteiger partial charge in [0.1, 0.15) is 6.04 Å². The fraction of sp³-hybridized carbons (Fsp3) is 0.390. The van der Waals surface area contributed by atoms with E-state index >= 15 is 0 Å². The topological polar surface area (TPSA) is 167 Å². The maximum absolute atomic E-state index is 14.8. The Morgan fingerprint density at radius 3 is 2.10 bits per heavy atom. The smallest absolute Gasteiger partial charge is 0.483 e. The number of carbonyl (C=O) groups is 5. The number of aromatic amines is 1. The Labute approximate surface area is 352 Å². The number of aliphatic carboxylic acids is 1. The van der Waals surface area contributed by atoms with Crippen molar-refractivity contribution in [3.63, 3.8) is 0 Å². The molecule has 2 unspecified atom stereocenters. The van der Waals surface area contributed by atoms with Gasteiger partial charge in [-0.3, -0.25) is 14.4 Å². The van der Waals surface area contributed by atoms with Crippen LogP contribution < -0.4 is 15.1 Å². The SMILES string of the molecule is CC(=O)c1ccc(N2CCN(C(=O)NC(C(=O)N3C[C@@H](CN(C)C)Cc4cc(Cl)ccc43)C(C)c3c[nH]c4ccccc34)CC2)cc1.FC(F)F.O=C(O)C(F)(F)F.O=CO. The molecule has 61 heavy (non-hydrogen) atoms. The van der Waals surface area contributed by atoms with Crippen molar-refractivity contribution in [2.75, 3.05) is 63.2 Å². The average Bonchev–Trinajstić information content (AvgIpc) is 3.63. The molecular formula is C41H47ClF6N6O7. The van der Waals surface area contributed by atoms with E-state index in [1.165, 1.54) is 0 Å². The van der Waals surface area contributed by atoms with E-state index in [0.717, 1.165) is 46.4 Å². The Hall–Kier alpha value is -5.82. The van der Waals surface area contributed by atoms with Crippen molar-refractivity contribution in [3.8, 4) is 0 Å². The number of fused-ring (bicyclic) bond motifs is 2. The number of anilines is 2. The van der Waals surface area contributed by atoms with Crippen LogP contribution in [-0.2, 0) is 20.8 Å². The molecule has 1 fully saturated rings. The van der Waals surface area contributed by atoms with E-state index in [-0.39, 0.29) is 36.0 Å². The highest BCUT2D eigenvalue weighted by atomic mass is 35.5. The highest BCUT2D eigenvalue weighted by Gasteiger charge is 2.39. The van der Waals surface area contributed by atoms with Crippen LogP contribution in [0, 0.1) is 5.92 Å². The van der Waals surface area contributed by atoms with E-state index in [0.29, 0.717) is 43.3 Å². The number of alkyl halides is 6. The Morgan fingerprint density at radius 2 is 1.56 bits per heavy atom. The molecule has 1 aromatic heterocycles. The third-order valence-corrected chi connectivity index (χ3v) is 10.0. The van der Waals surface area contributed by atoms with Crippen LogP contribution in [0.25, 0.3) is 10.9 Å². The number of urea groups is 1. The molecule has 2 aliphatic rings. The summed E-state index contributed by atoms with van der Waals surface area (Å²) in [6.45, 7) is 3.37. The first kappa shape index (κ1) is 49.5. The second-order valence-corrected chi connectivity index (χ2v) is 14.7. The number of hydrogen-bond donors (Lipinski definition) is 4. The van der Waals surface area contributed by atoms with Gasteiger partial charge in [0, 0.05) is 84.2 Å². The second-order valence-electron chi connectivity index (χ2n) is 14.3. The number of ketones is 1. The molecule has 2 aliphatic heterocycles. The van der Waals surface area contributed by atoms with Crippen molar-refractivity contribution in [2.45, 2.75) is 45.1 Å².